The molecule has 184 valence electrons. The van der Waals surface area contributed by atoms with Gasteiger partial charge in [-0.05, 0) is 76.9 Å². The molecule has 8 heteroatoms. The van der Waals surface area contributed by atoms with E-state index in [4.69, 9.17) is 26.1 Å². The number of likely N-dealkylation sites (tertiary alicyclic amines) is 1. The molecule has 4 aromatic rings. The summed E-state index contributed by atoms with van der Waals surface area (Å²) >= 11 is 6.22. The quantitative estimate of drug-likeness (QED) is 0.344. The molecule has 0 amide bonds. The Morgan fingerprint density at radius 3 is 2.66 bits per heavy atom. The number of rotatable bonds is 6. The number of fused-ring (bicyclic) bond motifs is 3. The first-order chi connectivity index (χ1) is 16.9. The Bertz CT molecular complexity index is 1380. The van der Waals surface area contributed by atoms with Crippen LogP contribution in [0.4, 0.5) is 0 Å². The third-order valence-electron chi connectivity index (χ3n) is 7.14. The van der Waals surface area contributed by atoms with Gasteiger partial charge in [0.15, 0.2) is 17.1 Å². The number of H-pyrrole nitrogens is 1. The first-order valence-electron chi connectivity index (χ1n) is 12.1. The maximum absolute atomic E-state index is 9.91. The summed E-state index contributed by atoms with van der Waals surface area (Å²) in [7, 11) is 1.66. The van der Waals surface area contributed by atoms with Gasteiger partial charge in [0.25, 0.3) is 0 Å². The molecule has 0 aliphatic carbocycles. The number of nitrogens with one attached hydrogen (secondary N) is 1. The summed E-state index contributed by atoms with van der Waals surface area (Å²) < 4.78 is 12.3. The maximum atomic E-state index is 9.91. The van der Waals surface area contributed by atoms with E-state index in [-0.39, 0.29) is 10.8 Å². The third-order valence-corrected chi connectivity index (χ3v) is 7.44. The smallest absolute Gasteiger partial charge is 0.164 e. The van der Waals surface area contributed by atoms with Crippen LogP contribution in [0.15, 0.2) is 30.5 Å². The van der Waals surface area contributed by atoms with Crippen LogP contribution in [0.5, 0.6) is 17.2 Å². The lowest BCUT2D eigenvalue weighted by molar-refractivity contribution is 0.117. The number of pyridine rings is 1. The number of ether oxygens (including phenoxy) is 2. The topological polar surface area (TPSA) is 83.5 Å². The van der Waals surface area contributed by atoms with Crippen molar-refractivity contribution in [2.24, 2.45) is 5.92 Å². The van der Waals surface area contributed by atoms with Crippen LogP contribution in [0, 0.1) is 12.8 Å². The molecule has 1 aliphatic rings. The predicted molar refractivity (Wildman–Crippen MR) is 140 cm³/mol. The molecule has 3 heterocycles. The molecule has 1 saturated heterocycles. The van der Waals surface area contributed by atoms with Crippen LogP contribution < -0.4 is 9.47 Å². The van der Waals surface area contributed by atoms with E-state index in [1.807, 2.05) is 6.07 Å². The Morgan fingerprint density at radius 2 is 1.97 bits per heavy atom. The number of hydrogen-bond donors (Lipinski definition) is 2. The fraction of sp³-hybridized carbons (Fsp3) is 0.407. The Kier molecular flexibility index (Phi) is 6.47. The second-order valence-electron chi connectivity index (χ2n) is 9.60. The fourth-order valence-corrected chi connectivity index (χ4v) is 5.25. The highest BCUT2D eigenvalue weighted by molar-refractivity contribution is 6.32. The molecule has 0 radical (unpaired) electrons. The molecule has 1 aliphatic heterocycles. The number of aromatic amines is 1. The second kappa shape index (κ2) is 9.55. The molecule has 1 fully saturated rings. The molecular formula is C27H31ClN4O3. The number of benzene rings is 2. The normalized spacial score (nSPS) is 15.4. The third kappa shape index (κ3) is 4.39. The summed E-state index contributed by atoms with van der Waals surface area (Å²) in [6.07, 6.45) is 4.06. The van der Waals surface area contributed by atoms with E-state index in [2.05, 4.69) is 35.9 Å². The van der Waals surface area contributed by atoms with E-state index in [0.29, 0.717) is 30.0 Å². The summed E-state index contributed by atoms with van der Waals surface area (Å²) in [5.41, 5.74) is 3.19. The van der Waals surface area contributed by atoms with E-state index >= 15 is 0 Å². The Labute approximate surface area is 210 Å². The lowest BCUT2D eigenvalue weighted by Gasteiger charge is -2.34. The number of piperidine rings is 1. The van der Waals surface area contributed by atoms with Crippen LogP contribution in [-0.2, 0) is 0 Å². The van der Waals surface area contributed by atoms with Gasteiger partial charge in [0.1, 0.15) is 5.75 Å². The minimum atomic E-state index is 0.0333. The van der Waals surface area contributed by atoms with Crippen molar-refractivity contribution in [2.45, 2.75) is 39.7 Å². The summed E-state index contributed by atoms with van der Waals surface area (Å²) in [5, 5.41) is 20.3. The number of aromatic nitrogens is 3. The van der Waals surface area contributed by atoms with Crippen LogP contribution in [0.2, 0.25) is 5.02 Å². The van der Waals surface area contributed by atoms with Gasteiger partial charge in [-0.15, -0.1) is 0 Å². The zero-order valence-electron chi connectivity index (χ0n) is 20.6. The van der Waals surface area contributed by atoms with Crippen molar-refractivity contribution in [2.75, 3.05) is 26.8 Å². The maximum Gasteiger partial charge on any atom is 0.164 e. The number of hydrogen-bond acceptors (Lipinski definition) is 6. The number of aryl methyl sites for hydroxylation is 1. The van der Waals surface area contributed by atoms with Crippen molar-refractivity contribution in [3.63, 3.8) is 0 Å². The predicted octanol–water partition coefficient (Wildman–Crippen LogP) is 5.95. The van der Waals surface area contributed by atoms with Crippen LogP contribution in [-0.4, -0.2) is 58.0 Å². The Balaban J connectivity index is 1.57. The van der Waals surface area contributed by atoms with E-state index in [0.717, 1.165) is 64.7 Å². The lowest BCUT2D eigenvalue weighted by Crippen LogP contribution is -2.39. The minimum Gasteiger partial charge on any atom is -0.506 e. The SMILES string of the molecule is COc1cc2c(-c3ccc(O)c(Cl)c3)nc3[nH]ncc3c2c(C)c1OCC1CCN(C(C)C)CC1. The van der Waals surface area contributed by atoms with Crippen molar-refractivity contribution < 1.29 is 14.6 Å². The molecule has 35 heavy (non-hydrogen) atoms. The molecule has 0 bridgehead atoms. The molecule has 0 atom stereocenters. The highest BCUT2D eigenvalue weighted by atomic mass is 35.5. The van der Waals surface area contributed by atoms with Crippen molar-refractivity contribution >= 4 is 33.4 Å². The number of phenolic OH excluding ortho intramolecular Hbond substituents is 1. The largest absolute Gasteiger partial charge is 0.506 e. The number of aromatic hydroxyl groups is 1. The molecule has 5 rings (SSSR count). The number of nitrogens with zero attached hydrogens (tertiary/aromatic N) is 3. The zero-order chi connectivity index (χ0) is 24.7. The average Bonchev–Trinajstić information content (AvgIpc) is 3.33. The summed E-state index contributed by atoms with van der Waals surface area (Å²) in [6, 6.07) is 7.67. The first-order valence-corrected chi connectivity index (χ1v) is 12.4. The van der Waals surface area contributed by atoms with E-state index in [9.17, 15) is 5.11 Å². The summed E-state index contributed by atoms with van der Waals surface area (Å²) in [5.74, 6) is 1.98. The van der Waals surface area contributed by atoms with Gasteiger partial charge in [0, 0.05) is 33.3 Å². The summed E-state index contributed by atoms with van der Waals surface area (Å²) in [6.45, 7) is 9.45. The molecule has 0 saturated carbocycles. The van der Waals surface area contributed by atoms with Gasteiger partial charge in [-0.25, -0.2) is 4.98 Å². The van der Waals surface area contributed by atoms with Gasteiger partial charge in [0.05, 0.1) is 30.6 Å². The zero-order valence-corrected chi connectivity index (χ0v) is 21.3. The van der Waals surface area contributed by atoms with Crippen LogP contribution in [0.1, 0.15) is 32.3 Å². The lowest BCUT2D eigenvalue weighted by atomic mass is 9.96. The van der Waals surface area contributed by atoms with Crippen LogP contribution >= 0.6 is 11.6 Å². The fourth-order valence-electron chi connectivity index (χ4n) is 5.06. The highest BCUT2D eigenvalue weighted by Crippen LogP contribution is 2.43. The number of methoxy groups -OCH3 is 1. The highest BCUT2D eigenvalue weighted by Gasteiger charge is 2.24. The standard InChI is InChI=1S/C27H31ClN4O3/c1-15(2)32-9-7-17(8-10-32)14-35-26-16(3)24-19(12-23(26)34-4)25(30-27-20(24)13-29-31-27)18-5-6-22(33)21(28)11-18/h5-6,11-13,15,17,33H,7-10,14H2,1-4H3,(H,29,30,31). The molecule has 2 aromatic carbocycles. The number of halogens is 1. The molecule has 0 unspecified atom stereocenters. The van der Waals surface area contributed by atoms with E-state index < -0.39 is 0 Å². The molecule has 2 N–H and O–H groups in total. The average molecular weight is 495 g/mol. The van der Waals surface area contributed by atoms with E-state index in [1.165, 1.54) is 0 Å². The van der Waals surface area contributed by atoms with Crippen molar-refractivity contribution in [1.29, 1.82) is 0 Å². The Hall–Kier alpha value is -3.03. The van der Waals surface area contributed by atoms with Crippen molar-refractivity contribution in [1.82, 2.24) is 20.1 Å². The van der Waals surface area contributed by atoms with E-state index in [1.54, 1.807) is 31.5 Å². The van der Waals surface area contributed by atoms with Gasteiger partial charge in [-0.2, -0.15) is 5.10 Å². The van der Waals surface area contributed by atoms with Crippen molar-refractivity contribution in [3.05, 3.63) is 41.0 Å². The Morgan fingerprint density at radius 1 is 1.20 bits per heavy atom. The molecule has 0 spiro atoms. The van der Waals surface area contributed by atoms with Gasteiger partial charge in [-0.3, -0.25) is 5.10 Å². The van der Waals surface area contributed by atoms with Crippen LogP contribution in [0.25, 0.3) is 33.1 Å². The van der Waals surface area contributed by atoms with Gasteiger partial charge < -0.3 is 19.5 Å². The van der Waals surface area contributed by atoms with Crippen molar-refractivity contribution in [3.8, 4) is 28.5 Å². The molecular weight excluding hydrogens is 464 g/mol. The second-order valence-corrected chi connectivity index (χ2v) is 10.0. The van der Waals surface area contributed by atoms with Gasteiger partial charge in [0.2, 0.25) is 0 Å². The summed E-state index contributed by atoms with van der Waals surface area (Å²) in [4.78, 5) is 7.36. The monoisotopic (exact) mass is 494 g/mol. The van der Waals surface area contributed by atoms with Crippen LogP contribution in [0.3, 0.4) is 0 Å². The minimum absolute atomic E-state index is 0.0333. The number of phenols is 1. The molecule has 2 aromatic heterocycles. The van der Waals surface area contributed by atoms with Gasteiger partial charge >= 0.3 is 0 Å². The first kappa shape index (κ1) is 23.7. The van der Waals surface area contributed by atoms with Gasteiger partial charge in [-0.1, -0.05) is 11.6 Å². The molecule has 7 nitrogen and oxygen atoms in total.